The van der Waals surface area contributed by atoms with Crippen LogP contribution in [0.5, 0.6) is 0 Å². The third kappa shape index (κ3) is 3.00. The van der Waals surface area contributed by atoms with Crippen LogP contribution in [0, 0.1) is 11.3 Å². The highest BCUT2D eigenvalue weighted by molar-refractivity contribution is 7.80. The third-order valence-electron chi connectivity index (χ3n) is 5.00. The van der Waals surface area contributed by atoms with Crippen molar-refractivity contribution in [3.05, 3.63) is 0 Å². The number of nitrogens with two attached hydrogens (primary N) is 1. The molecule has 1 aliphatic carbocycles. The van der Waals surface area contributed by atoms with Gasteiger partial charge >= 0.3 is 0 Å². The smallest absolute Gasteiger partial charge is 0.0788 e. The Morgan fingerprint density at radius 1 is 1.18 bits per heavy atom. The minimum Gasteiger partial charge on any atom is -0.393 e. The summed E-state index contributed by atoms with van der Waals surface area (Å²) in [7, 11) is 0. The van der Waals surface area contributed by atoms with Gasteiger partial charge in [0.15, 0.2) is 0 Å². The van der Waals surface area contributed by atoms with Crippen LogP contribution in [0.3, 0.4) is 0 Å². The fraction of sp³-hybridized carbons (Fsp3) is 0.929. The van der Waals surface area contributed by atoms with E-state index in [-0.39, 0.29) is 5.41 Å². The molecular formula is C14H26N2S. The third-order valence-corrected chi connectivity index (χ3v) is 5.49. The predicted molar refractivity (Wildman–Crippen MR) is 77.1 cm³/mol. The first kappa shape index (κ1) is 13.3. The molecule has 17 heavy (non-hydrogen) atoms. The van der Waals surface area contributed by atoms with E-state index >= 15 is 0 Å². The molecule has 3 heteroatoms. The molecule has 2 rings (SSSR count). The van der Waals surface area contributed by atoms with Gasteiger partial charge in [0.2, 0.25) is 0 Å². The predicted octanol–water partition coefficient (Wildman–Crippen LogP) is 2.95. The van der Waals surface area contributed by atoms with Crippen LogP contribution in [0.2, 0.25) is 0 Å². The van der Waals surface area contributed by atoms with Crippen LogP contribution >= 0.6 is 12.2 Å². The van der Waals surface area contributed by atoms with Gasteiger partial charge < -0.3 is 10.6 Å². The van der Waals surface area contributed by atoms with Gasteiger partial charge in [-0.15, -0.1) is 0 Å². The highest BCUT2D eigenvalue weighted by atomic mass is 32.1. The highest BCUT2D eigenvalue weighted by Crippen LogP contribution is 2.35. The van der Waals surface area contributed by atoms with Gasteiger partial charge in [0.05, 0.1) is 4.99 Å². The molecule has 0 aromatic rings. The van der Waals surface area contributed by atoms with E-state index in [1.807, 2.05) is 0 Å². The lowest BCUT2D eigenvalue weighted by molar-refractivity contribution is 0.0863. The topological polar surface area (TPSA) is 29.3 Å². The van der Waals surface area contributed by atoms with Gasteiger partial charge in [0.25, 0.3) is 0 Å². The molecule has 0 bridgehead atoms. The fourth-order valence-corrected chi connectivity index (χ4v) is 3.44. The highest BCUT2D eigenvalue weighted by Gasteiger charge is 2.35. The van der Waals surface area contributed by atoms with Gasteiger partial charge in [-0.1, -0.05) is 26.1 Å². The lowest BCUT2D eigenvalue weighted by atomic mass is 9.78. The molecule has 1 saturated carbocycles. The zero-order valence-corrected chi connectivity index (χ0v) is 12.1. The SMILES string of the molecule is CC1CCC(N2CCC(C)(C(N)=S)CC2)CC1. The van der Waals surface area contributed by atoms with Gasteiger partial charge in [-0.25, -0.2) is 0 Å². The summed E-state index contributed by atoms with van der Waals surface area (Å²) in [5.41, 5.74) is 5.98. The van der Waals surface area contributed by atoms with Crippen molar-refractivity contribution in [2.24, 2.45) is 17.1 Å². The van der Waals surface area contributed by atoms with Crippen LogP contribution < -0.4 is 5.73 Å². The largest absolute Gasteiger partial charge is 0.393 e. The number of rotatable bonds is 2. The summed E-state index contributed by atoms with van der Waals surface area (Å²) in [5.74, 6) is 0.943. The molecule has 0 aromatic carbocycles. The standard InChI is InChI=1S/C14H26N2S/c1-11-3-5-12(6-4-11)16-9-7-14(2,8-10-16)13(15)17/h11-12H,3-10H2,1-2H3,(H2,15,17). The van der Waals surface area contributed by atoms with Gasteiger partial charge in [0, 0.05) is 11.5 Å². The number of likely N-dealkylation sites (tertiary alicyclic amines) is 1. The maximum Gasteiger partial charge on any atom is 0.0788 e. The van der Waals surface area contributed by atoms with Gasteiger partial charge in [-0.05, 0) is 57.5 Å². The Balaban J connectivity index is 1.85. The fourth-order valence-electron chi connectivity index (χ4n) is 3.24. The normalized spacial score (nSPS) is 34.5. The van der Waals surface area contributed by atoms with E-state index in [9.17, 15) is 0 Å². The first-order valence-corrected chi connectivity index (χ1v) is 7.46. The van der Waals surface area contributed by atoms with Crippen LogP contribution in [-0.2, 0) is 0 Å². The van der Waals surface area contributed by atoms with E-state index in [4.69, 9.17) is 18.0 Å². The second kappa shape index (κ2) is 5.23. The molecule has 0 radical (unpaired) electrons. The van der Waals surface area contributed by atoms with Gasteiger partial charge in [-0.2, -0.15) is 0 Å². The Labute approximate surface area is 111 Å². The van der Waals surface area contributed by atoms with E-state index in [2.05, 4.69) is 18.7 Å². The van der Waals surface area contributed by atoms with Crippen molar-refractivity contribution < 1.29 is 0 Å². The molecule has 2 aliphatic rings. The Morgan fingerprint density at radius 3 is 2.18 bits per heavy atom. The quantitative estimate of drug-likeness (QED) is 0.768. The second-order valence-electron chi connectivity index (χ2n) is 6.37. The first-order valence-electron chi connectivity index (χ1n) is 7.05. The van der Waals surface area contributed by atoms with E-state index in [1.54, 1.807) is 0 Å². The van der Waals surface area contributed by atoms with Crippen molar-refractivity contribution in [2.75, 3.05) is 13.1 Å². The molecule has 1 saturated heterocycles. The zero-order chi connectivity index (χ0) is 12.5. The van der Waals surface area contributed by atoms with Crippen molar-refractivity contribution in [3.63, 3.8) is 0 Å². The molecule has 0 aromatic heterocycles. The summed E-state index contributed by atoms with van der Waals surface area (Å²) in [6, 6.07) is 0.835. The van der Waals surface area contributed by atoms with Crippen LogP contribution in [0.4, 0.5) is 0 Å². The van der Waals surface area contributed by atoms with Crippen LogP contribution in [0.15, 0.2) is 0 Å². The van der Waals surface area contributed by atoms with Gasteiger partial charge in [-0.3, -0.25) is 0 Å². The summed E-state index contributed by atoms with van der Waals surface area (Å²) in [5, 5.41) is 0. The average molecular weight is 254 g/mol. The van der Waals surface area contributed by atoms with Gasteiger partial charge in [0.1, 0.15) is 0 Å². The van der Waals surface area contributed by atoms with Crippen LogP contribution in [0.25, 0.3) is 0 Å². The minimum atomic E-state index is 0.119. The summed E-state index contributed by atoms with van der Waals surface area (Å²) in [6.45, 7) is 6.99. The lowest BCUT2D eigenvalue weighted by Gasteiger charge is -2.44. The number of hydrogen-bond donors (Lipinski definition) is 1. The monoisotopic (exact) mass is 254 g/mol. The van der Waals surface area contributed by atoms with Crippen molar-refractivity contribution >= 4 is 17.2 Å². The van der Waals surface area contributed by atoms with Crippen molar-refractivity contribution in [3.8, 4) is 0 Å². The van der Waals surface area contributed by atoms with Crippen LogP contribution in [0.1, 0.15) is 52.4 Å². The second-order valence-corrected chi connectivity index (χ2v) is 6.81. The summed E-state index contributed by atoms with van der Waals surface area (Å²) in [4.78, 5) is 3.40. The molecule has 2 nitrogen and oxygen atoms in total. The molecule has 0 amide bonds. The minimum absolute atomic E-state index is 0.119. The Bertz CT molecular complexity index is 274. The summed E-state index contributed by atoms with van der Waals surface area (Å²) < 4.78 is 0. The number of piperidine rings is 1. The van der Waals surface area contributed by atoms with E-state index in [0.717, 1.165) is 29.8 Å². The van der Waals surface area contributed by atoms with E-state index < -0.39 is 0 Å². The molecule has 2 N–H and O–H groups in total. The van der Waals surface area contributed by atoms with Crippen molar-refractivity contribution in [1.82, 2.24) is 4.90 Å². The molecule has 0 unspecified atom stereocenters. The van der Waals surface area contributed by atoms with Crippen LogP contribution in [-0.4, -0.2) is 29.0 Å². The molecule has 0 atom stereocenters. The Hall–Kier alpha value is -0.150. The molecule has 2 fully saturated rings. The maximum absolute atomic E-state index is 5.86. The van der Waals surface area contributed by atoms with Crippen molar-refractivity contribution in [2.45, 2.75) is 58.4 Å². The van der Waals surface area contributed by atoms with Crippen molar-refractivity contribution in [1.29, 1.82) is 0 Å². The number of nitrogens with zero attached hydrogens (tertiary/aromatic N) is 1. The summed E-state index contributed by atoms with van der Waals surface area (Å²) >= 11 is 5.20. The molecule has 1 aliphatic heterocycles. The Kier molecular flexibility index (Phi) is 4.09. The maximum atomic E-state index is 5.86. The molecular weight excluding hydrogens is 228 g/mol. The van der Waals surface area contributed by atoms with E-state index in [1.165, 1.54) is 38.8 Å². The lowest BCUT2D eigenvalue weighted by Crippen LogP contribution is -2.48. The zero-order valence-electron chi connectivity index (χ0n) is 11.2. The molecule has 98 valence electrons. The van der Waals surface area contributed by atoms with E-state index in [0.29, 0.717) is 0 Å². The first-order chi connectivity index (χ1) is 8.01. The Morgan fingerprint density at radius 2 is 1.71 bits per heavy atom. The summed E-state index contributed by atoms with van der Waals surface area (Å²) in [6.07, 6.45) is 7.90. The number of thiocarbonyl (C=S) groups is 1. The molecule has 0 spiro atoms. The number of hydrogen-bond acceptors (Lipinski definition) is 2. The average Bonchev–Trinajstić information content (AvgIpc) is 2.31. The molecule has 1 heterocycles.